The normalized spacial score (nSPS) is 10.4. The Labute approximate surface area is 74.6 Å². The maximum atomic E-state index is 7.82. The largest absolute Gasteiger partial charge is 0.300 e. The Hall–Kier alpha value is -0.980. The minimum absolute atomic E-state index is 0.704. The zero-order chi connectivity index (χ0) is 9.46. The van der Waals surface area contributed by atoms with Crippen LogP contribution in [0.2, 0.25) is 0 Å². The molecule has 0 saturated heterocycles. The summed E-state index contributed by atoms with van der Waals surface area (Å²) in [6, 6.07) is 0. The molecule has 1 nitrogen and oxygen atoms in total. The van der Waals surface area contributed by atoms with Gasteiger partial charge in [0.1, 0.15) is 0 Å². The number of benzene rings is 1. The van der Waals surface area contributed by atoms with Crippen molar-refractivity contribution in [2.45, 2.75) is 34.6 Å². The van der Waals surface area contributed by atoms with Crippen LogP contribution < -0.4 is 5.73 Å². The van der Waals surface area contributed by atoms with Gasteiger partial charge in [-0.25, -0.2) is 0 Å². The first-order valence-corrected chi connectivity index (χ1v) is 4.25. The zero-order valence-electron chi connectivity index (χ0n) is 8.50. The molecule has 0 spiro atoms. The molecule has 0 heterocycles. The van der Waals surface area contributed by atoms with Crippen molar-refractivity contribution >= 4 is 5.69 Å². The van der Waals surface area contributed by atoms with Crippen molar-refractivity contribution in [1.29, 1.82) is 0 Å². The molecule has 0 aliphatic rings. The highest BCUT2D eigenvalue weighted by atomic mass is 14.6. The molecule has 1 rings (SSSR count). The quantitative estimate of drug-likeness (QED) is 0.559. The summed E-state index contributed by atoms with van der Waals surface area (Å²) < 4.78 is 0. The van der Waals surface area contributed by atoms with Crippen molar-refractivity contribution in [2.75, 3.05) is 0 Å². The predicted octanol–water partition coefficient (Wildman–Crippen LogP) is 3.14. The van der Waals surface area contributed by atoms with Crippen molar-refractivity contribution in [3.8, 4) is 0 Å². The molecule has 0 saturated carbocycles. The molecule has 1 radical (unpaired) electrons. The summed E-state index contributed by atoms with van der Waals surface area (Å²) >= 11 is 0. The summed E-state index contributed by atoms with van der Waals surface area (Å²) in [5.74, 6) is 0. The molecule has 0 aliphatic carbocycles. The molecule has 0 unspecified atom stereocenters. The predicted molar refractivity (Wildman–Crippen MR) is 52.9 cm³/mol. The molecule has 1 aromatic rings. The van der Waals surface area contributed by atoms with Gasteiger partial charge in [-0.1, -0.05) is 0 Å². The summed E-state index contributed by atoms with van der Waals surface area (Å²) in [6.45, 7) is 10.4. The van der Waals surface area contributed by atoms with Gasteiger partial charge in [0.15, 0.2) is 0 Å². The van der Waals surface area contributed by atoms with Gasteiger partial charge in [-0.3, -0.25) is 0 Å². The average molecular weight is 162 g/mol. The van der Waals surface area contributed by atoms with Gasteiger partial charge in [-0.2, -0.15) is 0 Å². The van der Waals surface area contributed by atoms with Crippen LogP contribution in [-0.2, 0) is 0 Å². The van der Waals surface area contributed by atoms with Gasteiger partial charge < -0.3 is 5.73 Å². The minimum atomic E-state index is 0.704. The molecule has 0 aliphatic heterocycles. The molecule has 1 heteroatoms. The van der Waals surface area contributed by atoms with E-state index >= 15 is 0 Å². The van der Waals surface area contributed by atoms with E-state index in [-0.39, 0.29) is 0 Å². The van der Waals surface area contributed by atoms with Crippen LogP contribution in [0.1, 0.15) is 27.8 Å². The maximum Gasteiger partial charge on any atom is 0.0603 e. The third-order valence-electron chi connectivity index (χ3n) is 3.00. The van der Waals surface area contributed by atoms with Crippen LogP contribution in [0.4, 0.5) is 5.69 Å². The van der Waals surface area contributed by atoms with Crippen LogP contribution in [-0.4, -0.2) is 0 Å². The highest BCUT2D eigenvalue weighted by molar-refractivity contribution is 5.59. The molecule has 12 heavy (non-hydrogen) atoms. The smallest absolute Gasteiger partial charge is 0.0603 e. The monoisotopic (exact) mass is 162 g/mol. The fourth-order valence-electron chi connectivity index (χ4n) is 1.50. The van der Waals surface area contributed by atoms with E-state index in [0.717, 1.165) is 11.1 Å². The van der Waals surface area contributed by atoms with E-state index in [2.05, 4.69) is 20.8 Å². The van der Waals surface area contributed by atoms with E-state index in [1.54, 1.807) is 0 Å². The fraction of sp³-hybridized carbons (Fsp3) is 0.455. The molecule has 0 aromatic heterocycles. The maximum absolute atomic E-state index is 7.82. The third-order valence-corrected chi connectivity index (χ3v) is 3.00. The van der Waals surface area contributed by atoms with Crippen molar-refractivity contribution in [1.82, 2.24) is 5.73 Å². The lowest BCUT2D eigenvalue weighted by atomic mass is 9.93. The molecular formula is C11H16N. The van der Waals surface area contributed by atoms with Crippen LogP contribution in [0.3, 0.4) is 0 Å². The zero-order valence-corrected chi connectivity index (χ0v) is 8.50. The van der Waals surface area contributed by atoms with Crippen LogP contribution in [0.5, 0.6) is 0 Å². The average Bonchev–Trinajstić information content (AvgIpc) is 2.08. The molecule has 0 bridgehead atoms. The summed E-state index contributed by atoms with van der Waals surface area (Å²) in [4.78, 5) is 0. The number of nitrogens with one attached hydrogen (secondary N) is 1. The van der Waals surface area contributed by atoms with Crippen LogP contribution in [0.15, 0.2) is 0 Å². The first-order chi connectivity index (χ1) is 5.46. The molecule has 0 atom stereocenters. The topological polar surface area (TPSA) is 23.8 Å². The van der Waals surface area contributed by atoms with Crippen molar-refractivity contribution < 1.29 is 0 Å². The van der Waals surface area contributed by atoms with E-state index in [0.29, 0.717) is 5.69 Å². The second-order valence-electron chi connectivity index (χ2n) is 3.50. The lowest BCUT2D eigenvalue weighted by molar-refractivity contribution is 1.16. The Bertz CT molecular complexity index is 219. The van der Waals surface area contributed by atoms with Crippen molar-refractivity contribution in [3.05, 3.63) is 27.8 Å². The molecule has 65 valence electrons. The summed E-state index contributed by atoms with van der Waals surface area (Å²) in [5, 5.41) is 0. The van der Waals surface area contributed by atoms with Crippen LogP contribution >= 0.6 is 0 Å². The SMILES string of the molecule is Cc1c(C)c(C)c([NH])c(C)c1C. The highest BCUT2D eigenvalue weighted by Crippen LogP contribution is 2.28. The van der Waals surface area contributed by atoms with Gasteiger partial charge in [0.05, 0.1) is 5.69 Å². The van der Waals surface area contributed by atoms with Gasteiger partial charge in [-0.15, -0.1) is 0 Å². The molecule has 0 fully saturated rings. The van der Waals surface area contributed by atoms with Crippen molar-refractivity contribution in [2.24, 2.45) is 0 Å². The minimum Gasteiger partial charge on any atom is -0.300 e. The second-order valence-corrected chi connectivity index (χ2v) is 3.50. The molecule has 0 amide bonds. The lowest BCUT2D eigenvalue weighted by Gasteiger charge is -2.14. The Morgan fingerprint density at radius 1 is 0.583 bits per heavy atom. The summed E-state index contributed by atoms with van der Waals surface area (Å²) in [7, 11) is 0. The Morgan fingerprint density at radius 2 is 0.833 bits per heavy atom. The Kier molecular flexibility index (Phi) is 2.14. The first-order valence-electron chi connectivity index (χ1n) is 4.25. The highest BCUT2D eigenvalue weighted by Gasteiger charge is 2.09. The molecule has 1 aromatic carbocycles. The Balaban J connectivity index is 3.60. The summed E-state index contributed by atoms with van der Waals surface area (Å²) in [5.41, 5.74) is 14.6. The van der Waals surface area contributed by atoms with Crippen LogP contribution in [0.25, 0.3) is 0 Å². The fourth-order valence-corrected chi connectivity index (χ4v) is 1.50. The van der Waals surface area contributed by atoms with Gasteiger partial charge >= 0.3 is 0 Å². The lowest BCUT2D eigenvalue weighted by Crippen LogP contribution is -1.96. The number of rotatable bonds is 0. The van der Waals surface area contributed by atoms with Gasteiger partial charge in [-0.05, 0) is 62.4 Å². The summed E-state index contributed by atoms with van der Waals surface area (Å²) in [6.07, 6.45) is 0. The van der Waals surface area contributed by atoms with Crippen molar-refractivity contribution in [3.63, 3.8) is 0 Å². The number of hydrogen-bond acceptors (Lipinski definition) is 0. The third kappa shape index (κ3) is 1.09. The van der Waals surface area contributed by atoms with E-state index in [4.69, 9.17) is 5.73 Å². The van der Waals surface area contributed by atoms with Gasteiger partial charge in [0.25, 0.3) is 0 Å². The Morgan fingerprint density at radius 3 is 1.17 bits per heavy atom. The first kappa shape index (κ1) is 9.11. The van der Waals surface area contributed by atoms with Gasteiger partial charge in [0, 0.05) is 0 Å². The van der Waals surface area contributed by atoms with E-state index in [1.807, 2.05) is 13.8 Å². The van der Waals surface area contributed by atoms with E-state index in [9.17, 15) is 0 Å². The van der Waals surface area contributed by atoms with E-state index in [1.165, 1.54) is 16.7 Å². The van der Waals surface area contributed by atoms with E-state index < -0.39 is 0 Å². The van der Waals surface area contributed by atoms with Gasteiger partial charge in [0.2, 0.25) is 0 Å². The second kappa shape index (κ2) is 2.81. The molecule has 1 N–H and O–H groups in total. The number of hydrogen-bond donors (Lipinski definition) is 0. The molecular weight excluding hydrogens is 146 g/mol. The standard InChI is InChI=1S/C11H16N/c1-6-7(2)9(4)11(12)10(5)8(6)3/h12H,1-5H3. The van der Waals surface area contributed by atoms with Crippen LogP contribution in [0, 0.1) is 34.6 Å².